The zero-order valence-corrected chi connectivity index (χ0v) is 21.0. The summed E-state index contributed by atoms with van der Waals surface area (Å²) in [5.74, 6) is -6.39. The molecule has 1 rings (SSSR count). The van der Waals surface area contributed by atoms with E-state index in [1.54, 1.807) is 0 Å². The Morgan fingerprint density at radius 3 is 2.08 bits per heavy atom. The number of carboxylic acids is 2. The summed E-state index contributed by atoms with van der Waals surface area (Å²) in [5.41, 5.74) is 21.7. The smallest absolute Gasteiger partial charge is 0.326 e. The molecule has 4 amide bonds. The van der Waals surface area contributed by atoms with Crippen molar-refractivity contribution in [1.29, 1.82) is 0 Å². The maximum atomic E-state index is 13.2. The van der Waals surface area contributed by atoms with Crippen LogP contribution < -0.4 is 38.9 Å². The second-order valence-corrected chi connectivity index (χ2v) is 8.46. The Morgan fingerprint density at radius 1 is 0.923 bits per heavy atom. The summed E-state index contributed by atoms with van der Waals surface area (Å²) in [6.45, 7) is 0.0877. The molecule has 1 aromatic heterocycles. The lowest BCUT2D eigenvalue weighted by Crippen LogP contribution is -2.57. The minimum atomic E-state index is -1.48. The first-order valence-electron chi connectivity index (χ1n) is 11.7. The van der Waals surface area contributed by atoms with E-state index in [1.807, 2.05) is 0 Å². The van der Waals surface area contributed by atoms with Crippen LogP contribution in [0.2, 0.25) is 0 Å². The molecule has 216 valence electrons. The van der Waals surface area contributed by atoms with Crippen LogP contribution in [0.25, 0.3) is 0 Å². The Labute approximate surface area is 222 Å². The van der Waals surface area contributed by atoms with Gasteiger partial charge in [-0.1, -0.05) is 0 Å². The predicted octanol–water partition coefficient (Wildman–Crippen LogP) is -4.39. The number of aromatic nitrogens is 2. The number of carbonyl (C=O) groups excluding carboxylic acids is 4. The van der Waals surface area contributed by atoms with Crippen LogP contribution in [0.5, 0.6) is 0 Å². The van der Waals surface area contributed by atoms with Gasteiger partial charge in [0.2, 0.25) is 23.6 Å². The molecule has 0 aliphatic rings. The zero-order chi connectivity index (χ0) is 29.5. The monoisotopic (exact) mass is 554 g/mol. The molecule has 0 saturated heterocycles. The van der Waals surface area contributed by atoms with Crippen LogP contribution in [-0.2, 0) is 35.2 Å². The number of carboxylic acid groups (broad SMARTS) is 2. The highest BCUT2D eigenvalue weighted by molar-refractivity contribution is 5.95. The second-order valence-electron chi connectivity index (χ2n) is 8.46. The lowest BCUT2D eigenvalue weighted by atomic mass is 10.1. The van der Waals surface area contributed by atoms with Gasteiger partial charge in [0.25, 0.3) is 0 Å². The molecule has 0 spiro atoms. The lowest BCUT2D eigenvalue weighted by molar-refractivity contribution is -0.142. The van der Waals surface area contributed by atoms with Gasteiger partial charge in [-0.3, -0.25) is 29.0 Å². The lowest BCUT2D eigenvalue weighted by Gasteiger charge is -2.25. The van der Waals surface area contributed by atoms with Gasteiger partial charge < -0.3 is 54.1 Å². The minimum Gasteiger partial charge on any atom is -0.481 e. The predicted molar refractivity (Wildman–Crippen MR) is 134 cm³/mol. The number of amides is 4. The summed E-state index contributed by atoms with van der Waals surface area (Å²) in [4.78, 5) is 82.5. The number of nitrogens with zero attached hydrogens (tertiary/aromatic N) is 2. The number of aromatic amines is 1. The van der Waals surface area contributed by atoms with Crippen LogP contribution >= 0.6 is 0 Å². The van der Waals surface area contributed by atoms with Crippen molar-refractivity contribution in [1.82, 2.24) is 25.9 Å². The van der Waals surface area contributed by atoms with E-state index in [0.29, 0.717) is 5.69 Å². The molecule has 1 heterocycles. The van der Waals surface area contributed by atoms with Gasteiger partial charge in [0, 0.05) is 31.3 Å². The van der Waals surface area contributed by atoms with Gasteiger partial charge in [-0.15, -0.1) is 0 Å². The van der Waals surface area contributed by atoms with E-state index in [9.17, 15) is 33.9 Å². The van der Waals surface area contributed by atoms with Crippen molar-refractivity contribution in [3.05, 3.63) is 18.2 Å². The summed E-state index contributed by atoms with van der Waals surface area (Å²) in [6, 6.07) is -5.57. The highest BCUT2D eigenvalue weighted by Crippen LogP contribution is 2.06. The fraction of sp³-hybridized carbons (Fsp3) is 0.524. The average Bonchev–Trinajstić information content (AvgIpc) is 3.35. The van der Waals surface area contributed by atoms with Gasteiger partial charge in [0.15, 0.2) is 5.96 Å². The molecule has 39 heavy (non-hydrogen) atoms. The molecule has 0 saturated carbocycles. The third-order valence-corrected chi connectivity index (χ3v) is 5.22. The van der Waals surface area contributed by atoms with Crippen molar-refractivity contribution >= 4 is 41.5 Å². The molecule has 0 aliphatic carbocycles. The molecule has 4 atom stereocenters. The van der Waals surface area contributed by atoms with Gasteiger partial charge in [-0.05, 0) is 19.3 Å². The number of primary amides is 1. The number of guanidine groups is 1. The van der Waals surface area contributed by atoms with E-state index in [2.05, 4.69) is 30.9 Å². The number of hydrogen-bond donors (Lipinski definition) is 10. The van der Waals surface area contributed by atoms with E-state index in [1.165, 1.54) is 12.5 Å². The molecule has 0 radical (unpaired) electrons. The molecule has 0 aliphatic heterocycles. The van der Waals surface area contributed by atoms with Crippen molar-refractivity contribution in [3.63, 3.8) is 0 Å². The van der Waals surface area contributed by atoms with Gasteiger partial charge in [-0.2, -0.15) is 0 Å². The number of nitrogens with one attached hydrogen (secondary N) is 4. The number of carbonyl (C=O) groups is 6. The standard InChI is InChI=1S/C21H34N10O8/c22-11(7-16(33)34)17(35)31-14(6-10-8-26-9-28-10)19(37)29-12(2-1-5-27-21(24)25)18(36)30-13(20(38)39)3-4-15(23)32/h8-9,11-14H,1-7,22H2,(H2,23,32)(H,26,28)(H,29,37)(H,30,36)(H,31,35)(H,33,34)(H,38,39)(H4,24,25,27). The van der Waals surface area contributed by atoms with E-state index >= 15 is 0 Å². The van der Waals surface area contributed by atoms with Crippen LogP contribution in [-0.4, -0.2) is 92.4 Å². The third-order valence-electron chi connectivity index (χ3n) is 5.22. The Balaban J connectivity index is 3.11. The quantitative estimate of drug-likeness (QED) is 0.0467. The maximum absolute atomic E-state index is 13.2. The first kappa shape index (κ1) is 32.3. The molecule has 0 aromatic carbocycles. The van der Waals surface area contributed by atoms with E-state index in [-0.39, 0.29) is 44.6 Å². The molecule has 4 unspecified atom stereocenters. The molecule has 18 nitrogen and oxygen atoms in total. The summed E-state index contributed by atoms with van der Waals surface area (Å²) in [7, 11) is 0. The van der Waals surface area contributed by atoms with Crippen LogP contribution in [0.1, 0.15) is 37.8 Å². The summed E-state index contributed by atoms with van der Waals surface area (Å²) in [5, 5.41) is 25.4. The van der Waals surface area contributed by atoms with Crippen LogP contribution in [0, 0.1) is 0 Å². The van der Waals surface area contributed by atoms with E-state index < -0.39 is 66.2 Å². The van der Waals surface area contributed by atoms with E-state index in [0.717, 1.165) is 0 Å². The molecule has 0 bridgehead atoms. The summed E-state index contributed by atoms with van der Waals surface area (Å²) >= 11 is 0. The molecule has 18 heteroatoms. The van der Waals surface area contributed by atoms with Crippen LogP contribution in [0.15, 0.2) is 17.5 Å². The number of aliphatic carboxylic acids is 2. The van der Waals surface area contributed by atoms with Gasteiger partial charge in [0.05, 0.1) is 18.8 Å². The number of imidazole rings is 1. The Kier molecular flexibility index (Phi) is 13.4. The number of H-pyrrole nitrogens is 1. The highest BCUT2D eigenvalue weighted by Gasteiger charge is 2.31. The number of rotatable bonds is 18. The van der Waals surface area contributed by atoms with E-state index in [4.69, 9.17) is 28.0 Å². The maximum Gasteiger partial charge on any atom is 0.326 e. The molecule has 14 N–H and O–H groups in total. The average molecular weight is 555 g/mol. The first-order chi connectivity index (χ1) is 18.3. The van der Waals surface area contributed by atoms with Crippen molar-refractivity contribution in [3.8, 4) is 0 Å². The zero-order valence-electron chi connectivity index (χ0n) is 21.0. The normalized spacial score (nSPS) is 13.7. The second kappa shape index (κ2) is 16.2. The largest absolute Gasteiger partial charge is 0.481 e. The molecular formula is C21H34N10O8. The van der Waals surface area contributed by atoms with Crippen molar-refractivity contribution < 1.29 is 39.0 Å². The SMILES string of the molecule is NC(=O)CCC(NC(=O)C(CCCN=C(N)N)NC(=O)C(Cc1cnc[nH]1)NC(=O)C(N)CC(=O)O)C(=O)O. The van der Waals surface area contributed by atoms with Crippen molar-refractivity contribution in [2.24, 2.45) is 27.9 Å². The van der Waals surface area contributed by atoms with Gasteiger partial charge >= 0.3 is 11.9 Å². The Hall–Kier alpha value is -4.74. The topological polar surface area (TPSA) is 324 Å². The van der Waals surface area contributed by atoms with Gasteiger partial charge in [-0.25, -0.2) is 9.78 Å². The summed E-state index contributed by atoms with van der Waals surface area (Å²) < 4.78 is 0. The van der Waals surface area contributed by atoms with Crippen molar-refractivity contribution in [2.75, 3.05) is 6.54 Å². The van der Waals surface area contributed by atoms with Gasteiger partial charge in [0.1, 0.15) is 18.1 Å². The number of hydrogen-bond acceptors (Lipinski definition) is 9. The fourth-order valence-electron chi connectivity index (χ4n) is 3.25. The van der Waals surface area contributed by atoms with Crippen LogP contribution in [0.3, 0.4) is 0 Å². The highest BCUT2D eigenvalue weighted by atomic mass is 16.4. The Morgan fingerprint density at radius 2 is 1.54 bits per heavy atom. The summed E-state index contributed by atoms with van der Waals surface area (Å²) in [6.07, 6.45) is 1.45. The number of aliphatic imine (C=N–C) groups is 1. The van der Waals surface area contributed by atoms with Crippen molar-refractivity contribution in [2.45, 2.75) is 62.7 Å². The number of nitrogens with two attached hydrogens (primary N) is 4. The third kappa shape index (κ3) is 12.9. The molecule has 1 aromatic rings. The Bertz CT molecular complexity index is 1040. The molecular weight excluding hydrogens is 520 g/mol. The minimum absolute atomic E-state index is 0.0419. The fourth-order valence-corrected chi connectivity index (χ4v) is 3.25. The van der Waals surface area contributed by atoms with Crippen LogP contribution in [0.4, 0.5) is 0 Å². The first-order valence-corrected chi connectivity index (χ1v) is 11.7. The molecule has 0 fully saturated rings.